The highest BCUT2D eigenvalue weighted by atomic mass is 19.3. The van der Waals surface area contributed by atoms with Gasteiger partial charge >= 0.3 is 11.8 Å². The highest BCUT2D eigenvalue weighted by Crippen LogP contribution is 2.55. The Hall–Kier alpha value is -1.88. The molecule has 3 rings (SSSR count). The van der Waals surface area contributed by atoms with Crippen LogP contribution in [-0.2, 0) is 11.8 Å². The van der Waals surface area contributed by atoms with Crippen LogP contribution in [0.25, 0.3) is 0 Å². The minimum Gasteiger partial charge on any atom is -0.330 e. The minimum absolute atomic E-state index is 0.0137. The second-order valence-electron chi connectivity index (χ2n) is 5.11. The van der Waals surface area contributed by atoms with Crippen LogP contribution in [0.5, 0.6) is 0 Å². The number of halogens is 4. The molecule has 0 spiro atoms. The standard InChI is InChI=1S/C16H13F4N/c17-15(18)13-7-3-1-5-10(13)12(9-21)11-6-2-4-8-14(11)16(15,19)20/h1-8,12H,9,21H2. The monoisotopic (exact) mass is 295 g/mol. The van der Waals surface area contributed by atoms with Crippen molar-refractivity contribution >= 4 is 0 Å². The molecular formula is C16H13F4N. The Morgan fingerprint density at radius 1 is 0.762 bits per heavy atom. The zero-order valence-corrected chi connectivity index (χ0v) is 11.0. The molecule has 0 saturated carbocycles. The first-order valence-electron chi connectivity index (χ1n) is 6.55. The quantitative estimate of drug-likeness (QED) is 0.791. The third-order valence-corrected chi connectivity index (χ3v) is 3.98. The van der Waals surface area contributed by atoms with Gasteiger partial charge in [-0.25, -0.2) is 0 Å². The number of rotatable bonds is 1. The number of hydrogen-bond donors (Lipinski definition) is 1. The molecule has 0 amide bonds. The number of nitrogens with two attached hydrogens (primary N) is 1. The van der Waals surface area contributed by atoms with Crippen molar-refractivity contribution in [3.8, 4) is 0 Å². The zero-order valence-electron chi connectivity index (χ0n) is 11.0. The number of alkyl halides is 4. The topological polar surface area (TPSA) is 26.0 Å². The van der Waals surface area contributed by atoms with Crippen molar-refractivity contribution in [3.05, 3.63) is 70.8 Å². The third kappa shape index (κ3) is 1.80. The molecule has 21 heavy (non-hydrogen) atoms. The van der Waals surface area contributed by atoms with E-state index in [0.717, 1.165) is 12.1 Å². The Morgan fingerprint density at radius 2 is 1.14 bits per heavy atom. The molecule has 0 atom stereocenters. The predicted molar refractivity (Wildman–Crippen MR) is 71.6 cm³/mol. The first-order valence-corrected chi connectivity index (χ1v) is 6.55. The second kappa shape index (κ2) is 4.56. The molecule has 5 heteroatoms. The van der Waals surface area contributed by atoms with Gasteiger partial charge in [0, 0.05) is 23.6 Å². The fraction of sp³-hybridized carbons (Fsp3) is 0.250. The molecule has 110 valence electrons. The lowest BCUT2D eigenvalue weighted by atomic mass is 9.88. The van der Waals surface area contributed by atoms with Gasteiger partial charge in [0.1, 0.15) is 0 Å². The summed E-state index contributed by atoms with van der Waals surface area (Å²) in [4.78, 5) is 0. The van der Waals surface area contributed by atoms with E-state index >= 15 is 0 Å². The van der Waals surface area contributed by atoms with Crippen LogP contribution in [0.4, 0.5) is 17.6 Å². The summed E-state index contributed by atoms with van der Waals surface area (Å²) >= 11 is 0. The van der Waals surface area contributed by atoms with E-state index < -0.39 is 28.9 Å². The van der Waals surface area contributed by atoms with Gasteiger partial charge in [-0.2, -0.15) is 17.6 Å². The average Bonchev–Trinajstić information content (AvgIpc) is 2.53. The normalized spacial score (nSPS) is 19.5. The Bertz CT molecular complexity index is 624. The van der Waals surface area contributed by atoms with Gasteiger partial charge in [-0.3, -0.25) is 0 Å². The van der Waals surface area contributed by atoms with E-state index in [0.29, 0.717) is 0 Å². The maximum Gasteiger partial charge on any atom is 0.340 e. The van der Waals surface area contributed by atoms with E-state index in [1.807, 2.05) is 0 Å². The summed E-state index contributed by atoms with van der Waals surface area (Å²) in [7, 11) is 0. The summed E-state index contributed by atoms with van der Waals surface area (Å²) in [5, 5.41) is 0. The van der Waals surface area contributed by atoms with Crippen molar-refractivity contribution in [3.63, 3.8) is 0 Å². The molecule has 0 fully saturated rings. The molecular weight excluding hydrogens is 282 g/mol. The summed E-state index contributed by atoms with van der Waals surface area (Å²) in [5.41, 5.74) is 4.71. The van der Waals surface area contributed by atoms with Crippen molar-refractivity contribution in [2.24, 2.45) is 5.73 Å². The van der Waals surface area contributed by atoms with Crippen LogP contribution in [0.1, 0.15) is 28.2 Å². The maximum atomic E-state index is 14.4. The highest BCUT2D eigenvalue weighted by Gasteiger charge is 2.61. The van der Waals surface area contributed by atoms with Gasteiger partial charge < -0.3 is 5.73 Å². The van der Waals surface area contributed by atoms with E-state index in [1.54, 1.807) is 12.1 Å². The van der Waals surface area contributed by atoms with E-state index in [1.165, 1.54) is 24.3 Å². The maximum absolute atomic E-state index is 14.4. The van der Waals surface area contributed by atoms with Crippen LogP contribution < -0.4 is 5.73 Å². The summed E-state index contributed by atoms with van der Waals surface area (Å²) in [6.45, 7) is -0.0137. The van der Waals surface area contributed by atoms with Crippen molar-refractivity contribution in [1.82, 2.24) is 0 Å². The Kier molecular flexibility index (Phi) is 3.06. The molecule has 2 aromatic carbocycles. The van der Waals surface area contributed by atoms with E-state index in [4.69, 9.17) is 5.73 Å². The molecule has 0 saturated heterocycles. The van der Waals surface area contributed by atoms with Crippen LogP contribution in [0.15, 0.2) is 48.5 Å². The minimum atomic E-state index is -4.27. The summed E-state index contributed by atoms with van der Waals surface area (Å²) in [5.74, 6) is -9.22. The molecule has 1 aliphatic carbocycles. The lowest BCUT2D eigenvalue weighted by molar-refractivity contribution is -0.223. The van der Waals surface area contributed by atoms with Crippen LogP contribution in [0.3, 0.4) is 0 Å². The van der Waals surface area contributed by atoms with E-state index in [-0.39, 0.29) is 17.7 Å². The first-order chi connectivity index (χ1) is 9.91. The van der Waals surface area contributed by atoms with E-state index in [9.17, 15) is 17.6 Å². The van der Waals surface area contributed by atoms with Crippen molar-refractivity contribution in [2.75, 3.05) is 6.54 Å². The van der Waals surface area contributed by atoms with Gasteiger partial charge in [0.2, 0.25) is 0 Å². The second-order valence-corrected chi connectivity index (χ2v) is 5.11. The van der Waals surface area contributed by atoms with Gasteiger partial charge in [-0.15, -0.1) is 0 Å². The molecule has 0 unspecified atom stereocenters. The van der Waals surface area contributed by atoms with Gasteiger partial charge in [0.25, 0.3) is 0 Å². The SMILES string of the molecule is NCC1c2ccccc2C(F)(F)C(F)(F)c2ccccc21. The molecule has 2 N–H and O–H groups in total. The number of benzene rings is 2. The Balaban J connectivity index is 2.42. The fourth-order valence-corrected chi connectivity index (χ4v) is 2.93. The third-order valence-electron chi connectivity index (χ3n) is 3.98. The summed E-state index contributed by atoms with van der Waals surface area (Å²) in [6.07, 6.45) is 0. The first kappa shape index (κ1) is 14.1. The number of fused-ring (bicyclic) bond motifs is 2. The van der Waals surface area contributed by atoms with Gasteiger partial charge in [-0.1, -0.05) is 48.5 Å². The smallest absolute Gasteiger partial charge is 0.330 e. The van der Waals surface area contributed by atoms with Crippen LogP contribution >= 0.6 is 0 Å². The van der Waals surface area contributed by atoms with Crippen LogP contribution in [0, 0.1) is 0 Å². The van der Waals surface area contributed by atoms with Crippen molar-refractivity contribution < 1.29 is 17.6 Å². The number of hydrogen-bond acceptors (Lipinski definition) is 1. The molecule has 0 aliphatic heterocycles. The van der Waals surface area contributed by atoms with Crippen LogP contribution in [0.2, 0.25) is 0 Å². The van der Waals surface area contributed by atoms with Gasteiger partial charge in [0.05, 0.1) is 0 Å². The molecule has 0 heterocycles. The molecule has 1 nitrogen and oxygen atoms in total. The highest BCUT2D eigenvalue weighted by molar-refractivity contribution is 5.50. The molecule has 0 bridgehead atoms. The largest absolute Gasteiger partial charge is 0.340 e. The lowest BCUT2D eigenvalue weighted by Gasteiger charge is -2.26. The predicted octanol–water partition coefficient (Wildman–Crippen LogP) is 3.97. The summed E-state index contributed by atoms with van der Waals surface area (Å²) in [6, 6.07) is 10.8. The van der Waals surface area contributed by atoms with Crippen LogP contribution in [-0.4, -0.2) is 6.54 Å². The summed E-state index contributed by atoms with van der Waals surface area (Å²) < 4.78 is 57.7. The Labute approximate surface area is 119 Å². The van der Waals surface area contributed by atoms with Gasteiger partial charge in [0.15, 0.2) is 0 Å². The fourth-order valence-electron chi connectivity index (χ4n) is 2.93. The van der Waals surface area contributed by atoms with E-state index in [2.05, 4.69) is 0 Å². The molecule has 2 aromatic rings. The molecule has 0 radical (unpaired) electrons. The van der Waals surface area contributed by atoms with Gasteiger partial charge in [-0.05, 0) is 11.1 Å². The zero-order chi connectivity index (χ0) is 15.3. The Morgan fingerprint density at radius 3 is 1.52 bits per heavy atom. The average molecular weight is 295 g/mol. The van der Waals surface area contributed by atoms with Crippen molar-refractivity contribution in [1.29, 1.82) is 0 Å². The molecule has 0 aromatic heterocycles. The lowest BCUT2D eigenvalue weighted by Crippen LogP contribution is -2.35. The molecule has 1 aliphatic rings. The van der Waals surface area contributed by atoms with Crippen molar-refractivity contribution in [2.45, 2.75) is 17.8 Å².